The van der Waals surface area contributed by atoms with Gasteiger partial charge in [0.1, 0.15) is 0 Å². The Labute approximate surface area is 73.9 Å². The number of carboxylic acids is 1. The van der Waals surface area contributed by atoms with Crippen LogP contribution in [0.15, 0.2) is 11.6 Å². The molecule has 0 aromatic carbocycles. The Bertz CT molecular complexity index is 124. The highest BCUT2D eigenvalue weighted by atomic mass is 35.5. The van der Waals surface area contributed by atoms with Gasteiger partial charge in [0.05, 0.1) is 0 Å². The zero-order valence-corrected chi connectivity index (χ0v) is 8.16. The van der Waals surface area contributed by atoms with E-state index in [-0.39, 0.29) is 12.4 Å². The number of rotatable bonds is 1. The average Bonchev–Trinajstić information content (AvgIpc) is 1.88. The number of hydrogen-bond acceptors (Lipinski definition) is 2. The van der Waals surface area contributed by atoms with E-state index in [1.165, 1.54) is 0 Å². The number of carboxylic acid groups (broad SMARTS) is 1. The van der Waals surface area contributed by atoms with Crippen LogP contribution in [0.5, 0.6) is 0 Å². The summed E-state index contributed by atoms with van der Waals surface area (Å²) in [4.78, 5) is 9.86. The van der Waals surface area contributed by atoms with Crippen molar-refractivity contribution >= 4 is 18.4 Å². The zero-order valence-electron chi connectivity index (χ0n) is 7.34. The molecule has 0 atom stereocenters. The van der Waals surface area contributed by atoms with Crippen molar-refractivity contribution in [3.63, 3.8) is 0 Å². The molecule has 0 aliphatic heterocycles. The molecular weight excluding hydrogens is 166 g/mol. The van der Waals surface area contributed by atoms with Crippen LogP contribution in [-0.2, 0) is 4.79 Å². The van der Waals surface area contributed by atoms with Crippen LogP contribution in [0, 0.1) is 0 Å². The van der Waals surface area contributed by atoms with Crippen molar-refractivity contribution in [3.05, 3.63) is 11.6 Å². The highest BCUT2D eigenvalue weighted by Crippen LogP contribution is 1.87. The molecule has 0 unspecified atom stereocenters. The molecule has 11 heavy (non-hydrogen) atoms. The van der Waals surface area contributed by atoms with E-state index in [4.69, 9.17) is 5.11 Å². The van der Waals surface area contributed by atoms with Gasteiger partial charge in [-0.25, -0.2) is 4.79 Å². The maximum absolute atomic E-state index is 9.86. The lowest BCUT2D eigenvalue weighted by atomic mass is 10.3. The van der Waals surface area contributed by atoms with Crippen LogP contribution < -0.4 is 5.32 Å². The fourth-order valence-electron chi connectivity index (χ4n) is 0.123. The lowest BCUT2D eigenvalue weighted by Gasteiger charge is -1.84. The molecule has 0 aliphatic carbocycles. The predicted molar refractivity (Wildman–Crippen MR) is 49.3 cm³/mol. The molecule has 0 heterocycles. The van der Waals surface area contributed by atoms with Crippen molar-refractivity contribution in [2.24, 2.45) is 0 Å². The lowest BCUT2D eigenvalue weighted by molar-refractivity contribution is -0.132. The van der Waals surface area contributed by atoms with Crippen LogP contribution in [0.25, 0.3) is 0 Å². The van der Waals surface area contributed by atoms with Crippen molar-refractivity contribution in [2.75, 3.05) is 14.1 Å². The SMILES string of the molecule is CC=C(C)C(=O)O.CNC.Cl. The predicted octanol–water partition coefficient (Wildman–Crippen LogP) is 1.29. The summed E-state index contributed by atoms with van der Waals surface area (Å²) >= 11 is 0. The fourth-order valence-corrected chi connectivity index (χ4v) is 0.123. The molecule has 0 saturated carbocycles. The fraction of sp³-hybridized carbons (Fsp3) is 0.571. The van der Waals surface area contributed by atoms with E-state index in [1.54, 1.807) is 19.9 Å². The Kier molecular flexibility index (Phi) is 18.6. The number of hydrogen-bond donors (Lipinski definition) is 2. The second kappa shape index (κ2) is 12.2. The van der Waals surface area contributed by atoms with E-state index >= 15 is 0 Å². The number of nitrogens with one attached hydrogen (secondary N) is 1. The molecular formula is C7H16ClNO2. The van der Waals surface area contributed by atoms with Gasteiger partial charge in [0.15, 0.2) is 0 Å². The van der Waals surface area contributed by atoms with Gasteiger partial charge in [0.25, 0.3) is 0 Å². The third kappa shape index (κ3) is 17.7. The Morgan fingerprint density at radius 1 is 1.45 bits per heavy atom. The summed E-state index contributed by atoms with van der Waals surface area (Å²) in [6, 6.07) is 0. The molecule has 0 amide bonds. The molecule has 0 aromatic heterocycles. The first-order valence-electron chi connectivity index (χ1n) is 3.04. The van der Waals surface area contributed by atoms with Gasteiger partial charge in [-0.1, -0.05) is 6.08 Å². The van der Waals surface area contributed by atoms with E-state index < -0.39 is 5.97 Å². The van der Waals surface area contributed by atoms with Crippen molar-refractivity contribution in [2.45, 2.75) is 13.8 Å². The van der Waals surface area contributed by atoms with Gasteiger partial charge in [0, 0.05) is 5.57 Å². The largest absolute Gasteiger partial charge is 0.478 e. The molecule has 0 radical (unpaired) electrons. The third-order valence-electron chi connectivity index (χ3n) is 0.770. The third-order valence-corrected chi connectivity index (χ3v) is 0.770. The van der Waals surface area contributed by atoms with Gasteiger partial charge in [0.2, 0.25) is 0 Å². The van der Waals surface area contributed by atoms with E-state index in [0.717, 1.165) is 0 Å². The number of halogens is 1. The van der Waals surface area contributed by atoms with Gasteiger partial charge in [-0.15, -0.1) is 12.4 Å². The molecule has 0 fully saturated rings. The lowest BCUT2D eigenvalue weighted by Crippen LogP contribution is -1.93. The topological polar surface area (TPSA) is 49.3 Å². The monoisotopic (exact) mass is 181 g/mol. The van der Waals surface area contributed by atoms with E-state index in [0.29, 0.717) is 5.57 Å². The van der Waals surface area contributed by atoms with E-state index in [1.807, 2.05) is 14.1 Å². The molecule has 0 aliphatic rings. The minimum absolute atomic E-state index is 0. The molecule has 4 heteroatoms. The summed E-state index contributed by atoms with van der Waals surface area (Å²) in [6.07, 6.45) is 1.56. The maximum atomic E-state index is 9.86. The first-order chi connectivity index (χ1) is 4.59. The molecule has 0 saturated heterocycles. The first kappa shape index (κ1) is 16.8. The average molecular weight is 182 g/mol. The van der Waals surface area contributed by atoms with Crippen molar-refractivity contribution < 1.29 is 9.90 Å². The second-order valence-corrected chi connectivity index (χ2v) is 1.78. The number of aliphatic carboxylic acids is 1. The molecule has 0 bridgehead atoms. The number of allylic oxidation sites excluding steroid dienone is 1. The van der Waals surface area contributed by atoms with Crippen LogP contribution >= 0.6 is 12.4 Å². The van der Waals surface area contributed by atoms with Crippen LogP contribution in [0.1, 0.15) is 13.8 Å². The van der Waals surface area contributed by atoms with Crippen LogP contribution in [0.3, 0.4) is 0 Å². The summed E-state index contributed by atoms with van der Waals surface area (Å²) in [5.41, 5.74) is 0.389. The van der Waals surface area contributed by atoms with Crippen LogP contribution in [0.4, 0.5) is 0 Å². The summed E-state index contributed by atoms with van der Waals surface area (Å²) in [5.74, 6) is -0.845. The van der Waals surface area contributed by atoms with Gasteiger partial charge in [-0.2, -0.15) is 0 Å². The van der Waals surface area contributed by atoms with Crippen molar-refractivity contribution in [3.8, 4) is 0 Å². The van der Waals surface area contributed by atoms with Crippen molar-refractivity contribution in [1.29, 1.82) is 0 Å². The molecule has 0 aromatic rings. The first-order valence-corrected chi connectivity index (χ1v) is 3.04. The normalized spacial score (nSPS) is 8.91. The highest BCUT2D eigenvalue weighted by molar-refractivity contribution is 5.85. The molecule has 3 nitrogen and oxygen atoms in total. The second-order valence-electron chi connectivity index (χ2n) is 1.78. The molecule has 68 valence electrons. The van der Waals surface area contributed by atoms with Gasteiger partial charge in [-0.3, -0.25) is 0 Å². The van der Waals surface area contributed by atoms with Crippen LogP contribution in [-0.4, -0.2) is 25.2 Å². The van der Waals surface area contributed by atoms with Gasteiger partial charge in [-0.05, 0) is 27.9 Å². The molecule has 0 spiro atoms. The molecule has 0 rings (SSSR count). The summed E-state index contributed by atoms with van der Waals surface area (Å²) in [6.45, 7) is 3.26. The highest BCUT2D eigenvalue weighted by Gasteiger charge is 1.93. The Morgan fingerprint density at radius 3 is 1.73 bits per heavy atom. The zero-order chi connectivity index (χ0) is 8.57. The minimum atomic E-state index is -0.845. The van der Waals surface area contributed by atoms with Crippen LogP contribution in [0.2, 0.25) is 0 Å². The Hall–Kier alpha value is -0.540. The quantitative estimate of drug-likeness (QED) is 0.600. The molecule has 2 N–H and O–H groups in total. The Morgan fingerprint density at radius 2 is 1.73 bits per heavy atom. The van der Waals surface area contributed by atoms with Gasteiger partial charge >= 0.3 is 5.97 Å². The van der Waals surface area contributed by atoms with Gasteiger partial charge < -0.3 is 10.4 Å². The van der Waals surface area contributed by atoms with E-state index in [2.05, 4.69) is 5.32 Å². The summed E-state index contributed by atoms with van der Waals surface area (Å²) in [5, 5.41) is 10.9. The standard InChI is InChI=1S/C5H8O2.C2H7N.ClH/c1-3-4(2)5(6)7;1-3-2;/h3H,1-2H3,(H,6,7);3H,1-2H3;1H. The maximum Gasteiger partial charge on any atom is 0.330 e. The van der Waals surface area contributed by atoms with E-state index in [9.17, 15) is 4.79 Å². The Balaban J connectivity index is -0.000000140. The summed E-state index contributed by atoms with van der Waals surface area (Å²) in [7, 11) is 3.75. The van der Waals surface area contributed by atoms with Crippen molar-refractivity contribution in [1.82, 2.24) is 5.32 Å². The number of carbonyl (C=O) groups is 1. The minimum Gasteiger partial charge on any atom is -0.478 e. The smallest absolute Gasteiger partial charge is 0.330 e. The summed E-state index contributed by atoms with van der Waals surface area (Å²) < 4.78 is 0.